The zero-order valence-corrected chi connectivity index (χ0v) is 30.5. The van der Waals surface area contributed by atoms with Crippen LogP contribution in [0.1, 0.15) is 150 Å². The quantitative estimate of drug-likeness (QED) is 0.0354. The van der Waals surface area contributed by atoms with Crippen molar-refractivity contribution in [3.63, 3.8) is 0 Å². The lowest BCUT2D eigenvalue weighted by molar-refractivity contribution is -0.870. The number of allylic oxidation sites excluding steroid dienone is 2. The van der Waals surface area contributed by atoms with Gasteiger partial charge in [-0.3, -0.25) is 9.05 Å². The van der Waals surface area contributed by atoms with Crippen molar-refractivity contribution >= 4 is 7.82 Å². The van der Waals surface area contributed by atoms with Gasteiger partial charge in [0, 0.05) is 6.61 Å². The molecule has 258 valence electrons. The van der Waals surface area contributed by atoms with E-state index in [0.717, 1.165) is 12.8 Å². The first-order valence-electron chi connectivity index (χ1n) is 17.7. The maximum atomic E-state index is 12.3. The van der Waals surface area contributed by atoms with E-state index in [0.29, 0.717) is 24.2 Å². The van der Waals surface area contributed by atoms with E-state index in [-0.39, 0.29) is 13.2 Å². The highest BCUT2D eigenvalue weighted by Crippen LogP contribution is 2.43. The van der Waals surface area contributed by atoms with E-state index in [1.54, 1.807) is 0 Å². The standard InChI is InChI=1S/C35H72NO6P/c1-8-9-10-11-12-13-14-15-16-17-18-19-20-21-22-23-24-25-26-27-28-30-39-32-34(42-35(2,3)4)33-41-43(37,38)40-31-29-36(5,6)7/h19-20,34H,8-18,21-33H2,1-7H3/p+1/t34-/m1/s1. The normalized spacial score (nSPS) is 14.9. The van der Waals surface area contributed by atoms with Crippen molar-refractivity contribution < 1.29 is 32.5 Å². The number of ether oxygens (including phenoxy) is 2. The molecule has 0 radical (unpaired) electrons. The van der Waals surface area contributed by atoms with E-state index in [4.69, 9.17) is 18.5 Å². The van der Waals surface area contributed by atoms with Crippen LogP contribution in [0, 0.1) is 0 Å². The Balaban J connectivity index is 3.73. The molecule has 0 saturated heterocycles. The molecule has 1 unspecified atom stereocenters. The van der Waals surface area contributed by atoms with Gasteiger partial charge in [-0.15, -0.1) is 0 Å². The minimum absolute atomic E-state index is 0.0517. The molecule has 0 rings (SSSR count). The number of phosphoric ester groups is 1. The van der Waals surface area contributed by atoms with Crippen LogP contribution in [0.25, 0.3) is 0 Å². The summed E-state index contributed by atoms with van der Waals surface area (Å²) < 4.78 is 35.1. The fraction of sp³-hybridized carbons (Fsp3) is 0.943. The second kappa shape index (κ2) is 26.9. The number of hydrogen-bond acceptors (Lipinski definition) is 5. The second-order valence-electron chi connectivity index (χ2n) is 14.2. The number of likely N-dealkylation sites (N-methyl/N-ethyl adjacent to an activating group) is 1. The monoisotopic (exact) mass is 635 g/mol. The topological polar surface area (TPSA) is 74.2 Å². The molecule has 0 amide bonds. The zero-order chi connectivity index (χ0) is 32.3. The summed E-state index contributed by atoms with van der Waals surface area (Å²) in [5.74, 6) is 0. The molecule has 2 atom stereocenters. The number of nitrogens with zero attached hydrogens (tertiary/aromatic N) is 1. The molecule has 8 heteroatoms. The SMILES string of the molecule is CCCCCCCCCCCCC=CCCCCCCCCCOC[C@H](COP(=O)(O)OCC[N+](C)(C)C)OC(C)(C)C. The zero-order valence-electron chi connectivity index (χ0n) is 29.6. The lowest BCUT2D eigenvalue weighted by Crippen LogP contribution is -2.37. The van der Waals surface area contributed by atoms with E-state index < -0.39 is 19.5 Å². The Bertz CT molecular complexity index is 689. The van der Waals surface area contributed by atoms with Crippen molar-refractivity contribution in [2.45, 2.75) is 161 Å². The molecule has 0 aromatic carbocycles. The third kappa shape index (κ3) is 34.4. The molecule has 0 aliphatic heterocycles. The summed E-state index contributed by atoms with van der Waals surface area (Å²) in [4.78, 5) is 10.0. The van der Waals surface area contributed by atoms with Crippen LogP contribution < -0.4 is 0 Å². The molecular weight excluding hydrogens is 561 g/mol. The van der Waals surface area contributed by atoms with Crippen molar-refractivity contribution in [3.05, 3.63) is 12.2 Å². The predicted octanol–water partition coefficient (Wildman–Crippen LogP) is 10.0. The van der Waals surface area contributed by atoms with Gasteiger partial charge in [0.05, 0.1) is 40.0 Å². The minimum atomic E-state index is -4.13. The average molecular weight is 635 g/mol. The van der Waals surface area contributed by atoms with E-state index >= 15 is 0 Å². The molecule has 0 bridgehead atoms. The molecule has 0 fully saturated rings. The molecule has 43 heavy (non-hydrogen) atoms. The highest BCUT2D eigenvalue weighted by atomic mass is 31.2. The van der Waals surface area contributed by atoms with Crippen LogP contribution in [0.2, 0.25) is 0 Å². The predicted molar refractivity (Wildman–Crippen MR) is 183 cm³/mol. The maximum Gasteiger partial charge on any atom is 0.472 e. The summed E-state index contributed by atoms with van der Waals surface area (Å²) in [6.07, 6.45) is 29.5. The second-order valence-corrected chi connectivity index (χ2v) is 15.7. The van der Waals surface area contributed by atoms with Crippen LogP contribution in [0.5, 0.6) is 0 Å². The molecule has 0 aliphatic rings. The molecule has 0 saturated carbocycles. The summed E-state index contributed by atoms with van der Waals surface area (Å²) in [5.41, 5.74) is -0.413. The number of hydrogen-bond donors (Lipinski definition) is 1. The van der Waals surface area contributed by atoms with Gasteiger partial charge in [0.25, 0.3) is 0 Å². The number of phosphoric acid groups is 1. The van der Waals surface area contributed by atoms with Crippen molar-refractivity contribution in [2.24, 2.45) is 0 Å². The van der Waals surface area contributed by atoms with E-state index in [2.05, 4.69) is 19.1 Å². The smallest absolute Gasteiger partial charge is 0.379 e. The van der Waals surface area contributed by atoms with Crippen LogP contribution in [0.4, 0.5) is 0 Å². The van der Waals surface area contributed by atoms with Crippen molar-refractivity contribution in [1.82, 2.24) is 0 Å². The highest BCUT2D eigenvalue weighted by Gasteiger charge is 2.27. The Morgan fingerprint density at radius 1 is 0.674 bits per heavy atom. The third-order valence-electron chi connectivity index (χ3n) is 7.31. The van der Waals surface area contributed by atoms with Gasteiger partial charge < -0.3 is 18.9 Å². The Morgan fingerprint density at radius 3 is 1.60 bits per heavy atom. The largest absolute Gasteiger partial charge is 0.472 e. The van der Waals surface area contributed by atoms with Crippen LogP contribution in [-0.2, 0) is 23.1 Å². The van der Waals surface area contributed by atoms with Gasteiger partial charge >= 0.3 is 7.82 Å². The number of rotatable bonds is 31. The first kappa shape index (κ1) is 42.7. The summed E-state index contributed by atoms with van der Waals surface area (Å²) in [6, 6.07) is 0. The summed E-state index contributed by atoms with van der Waals surface area (Å²) in [6.45, 7) is 9.82. The average Bonchev–Trinajstić information content (AvgIpc) is 2.90. The van der Waals surface area contributed by atoms with Gasteiger partial charge in [-0.1, -0.05) is 109 Å². The summed E-state index contributed by atoms with van der Waals surface area (Å²) >= 11 is 0. The molecule has 0 aliphatic carbocycles. The molecule has 1 N–H and O–H groups in total. The molecule has 0 aromatic rings. The van der Waals surface area contributed by atoms with Crippen LogP contribution in [0.3, 0.4) is 0 Å². The molecule has 0 spiro atoms. The number of unbranched alkanes of at least 4 members (excludes halogenated alkanes) is 17. The fourth-order valence-electron chi connectivity index (χ4n) is 4.81. The van der Waals surface area contributed by atoms with Gasteiger partial charge in [-0.2, -0.15) is 0 Å². The number of quaternary nitrogens is 1. The van der Waals surface area contributed by atoms with Gasteiger partial charge in [0.1, 0.15) is 19.3 Å². The molecule has 0 heterocycles. The lowest BCUT2D eigenvalue weighted by atomic mass is 10.1. The van der Waals surface area contributed by atoms with Gasteiger partial charge in [0.15, 0.2) is 0 Å². The van der Waals surface area contributed by atoms with Crippen molar-refractivity contribution in [2.75, 3.05) is 54.1 Å². The fourth-order valence-corrected chi connectivity index (χ4v) is 5.55. The Labute approximate surface area is 267 Å². The van der Waals surface area contributed by atoms with E-state index in [1.807, 2.05) is 41.9 Å². The van der Waals surface area contributed by atoms with Gasteiger partial charge in [0.2, 0.25) is 0 Å². The van der Waals surface area contributed by atoms with Crippen molar-refractivity contribution in [1.29, 1.82) is 0 Å². The Hall–Kier alpha value is -0.270. The Kier molecular flexibility index (Phi) is 26.7. The van der Waals surface area contributed by atoms with Gasteiger partial charge in [-0.05, 0) is 52.9 Å². The summed E-state index contributed by atoms with van der Waals surface area (Å²) in [5, 5.41) is 0. The summed E-state index contributed by atoms with van der Waals surface area (Å²) in [7, 11) is 1.86. The van der Waals surface area contributed by atoms with E-state index in [1.165, 1.54) is 109 Å². The van der Waals surface area contributed by atoms with Crippen molar-refractivity contribution in [3.8, 4) is 0 Å². The maximum absolute atomic E-state index is 12.3. The minimum Gasteiger partial charge on any atom is -0.379 e. The van der Waals surface area contributed by atoms with Crippen LogP contribution >= 0.6 is 7.82 Å². The van der Waals surface area contributed by atoms with E-state index in [9.17, 15) is 9.46 Å². The first-order valence-corrected chi connectivity index (χ1v) is 19.2. The molecular formula is C35H73NO6P+. The molecule has 0 aromatic heterocycles. The third-order valence-corrected chi connectivity index (χ3v) is 8.30. The van der Waals surface area contributed by atoms with Gasteiger partial charge in [-0.25, -0.2) is 4.57 Å². The van der Waals surface area contributed by atoms with Crippen LogP contribution in [0.15, 0.2) is 12.2 Å². The van der Waals surface area contributed by atoms with Crippen LogP contribution in [-0.4, -0.2) is 75.2 Å². The highest BCUT2D eigenvalue weighted by molar-refractivity contribution is 7.47. The molecule has 7 nitrogen and oxygen atoms in total. The Morgan fingerprint density at radius 2 is 1.14 bits per heavy atom. The lowest BCUT2D eigenvalue weighted by Gasteiger charge is -2.28. The first-order chi connectivity index (χ1) is 20.3.